The van der Waals surface area contributed by atoms with Crippen molar-refractivity contribution in [2.45, 2.75) is 109 Å². The molecule has 72 heavy (non-hydrogen) atoms. The largest absolute Gasteiger partial charge is 0.497 e. The molecule has 9 rings (SSSR count). The first-order valence-corrected chi connectivity index (χ1v) is 25.6. The van der Waals surface area contributed by atoms with E-state index in [1.165, 1.54) is 156 Å². The van der Waals surface area contributed by atoms with Gasteiger partial charge >= 0.3 is 0 Å². The summed E-state index contributed by atoms with van der Waals surface area (Å²) in [5.41, 5.74) is 37.5. The van der Waals surface area contributed by atoms with Crippen molar-refractivity contribution in [1.29, 1.82) is 0 Å². The topological polar surface area (TPSA) is 36.9 Å². The Bertz CT molecular complexity index is 2830. The van der Waals surface area contributed by atoms with Crippen molar-refractivity contribution >= 4 is 0 Å². The van der Waals surface area contributed by atoms with Crippen molar-refractivity contribution < 1.29 is 18.9 Å². The van der Waals surface area contributed by atoms with Crippen LogP contribution in [0.25, 0.3) is 44.5 Å². The molecule has 0 aromatic heterocycles. The number of rotatable bonds is 8. The maximum atomic E-state index is 5.70. The van der Waals surface area contributed by atoms with Gasteiger partial charge in [0.15, 0.2) is 0 Å². The van der Waals surface area contributed by atoms with Gasteiger partial charge in [-0.15, -0.1) is 0 Å². The predicted molar refractivity (Wildman–Crippen MR) is 302 cm³/mol. The number of fused-ring (bicyclic) bond motifs is 8. The summed E-state index contributed by atoms with van der Waals surface area (Å²) >= 11 is 0. The van der Waals surface area contributed by atoms with Gasteiger partial charge in [0.25, 0.3) is 0 Å². The Hall–Kier alpha value is -7.04. The van der Waals surface area contributed by atoms with E-state index in [2.05, 4.69) is 180 Å². The van der Waals surface area contributed by atoms with Crippen LogP contribution >= 0.6 is 0 Å². The van der Waals surface area contributed by atoms with E-state index in [-0.39, 0.29) is 0 Å². The van der Waals surface area contributed by atoms with Crippen molar-refractivity contribution in [2.75, 3.05) is 28.4 Å². The standard InChI is InChI=1S/C68H72O4/c1-37-57-33-59-38(2)61(45(9)66(43(59)7)50-19-27-54(70-14)28-20-50)35-63-40(4)64(48(12)68(47(63)11)52-23-31-56(72-16)32-24-52)36-62-39(3)60(44(8)67(46(62)10)51-21-29-55(71-15)30-22-51)34-58(37)42(6)65(41(57)5)49-17-25-53(69-13)26-18-49/h17-32H,33-36H2,1-16H3. The highest BCUT2D eigenvalue weighted by Crippen LogP contribution is 2.46. The average Bonchev–Trinajstić information content (AvgIpc) is 3.38. The second-order valence-corrected chi connectivity index (χ2v) is 20.4. The van der Waals surface area contributed by atoms with Crippen molar-refractivity contribution in [3.05, 3.63) is 208 Å². The minimum Gasteiger partial charge on any atom is -0.497 e. The molecule has 0 atom stereocenters. The van der Waals surface area contributed by atoms with Crippen LogP contribution in [0.2, 0.25) is 0 Å². The second-order valence-electron chi connectivity index (χ2n) is 20.4. The van der Waals surface area contributed by atoms with E-state index >= 15 is 0 Å². The zero-order chi connectivity index (χ0) is 51.4. The van der Waals surface area contributed by atoms with Crippen molar-refractivity contribution in [1.82, 2.24) is 0 Å². The molecule has 8 aromatic carbocycles. The molecule has 0 fully saturated rings. The number of ether oxygens (including phenoxy) is 4. The first-order valence-electron chi connectivity index (χ1n) is 25.6. The molecule has 1 aliphatic carbocycles. The van der Waals surface area contributed by atoms with Gasteiger partial charge < -0.3 is 18.9 Å². The molecule has 8 bridgehead atoms. The van der Waals surface area contributed by atoms with Crippen LogP contribution in [0.3, 0.4) is 0 Å². The molecule has 4 heteroatoms. The summed E-state index contributed by atoms with van der Waals surface area (Å²) in [5, 5.41) is 0. The Morgan fingerprint density at radius 3 is 0.472 bits per heavy atom. The van der Waals surface area contributed by atoms with E-state index in [1.54, 1.807) is 28.4 Å². The molecule has 0 spiro atoms. The third-order valence-electron chi connectivity index (χ3n) is 17.2. The van der Waals surface area contributed by atoms with Crippen LogP contribution in [0.1, 0.15) is 111 Å². The summed E-state index contributed by atoms with van der Waals surface area (Å²) in [4.78, 5) is 0. The van der Waals surface area contributed by atoms with Gasteiger partial charge in [0.2, 0.25) is 0 Å². The van der Waals surface area contributed by atoms with E-state index < -0.39 is 0 Å². The summed E-state index contributed by atoms with van der Waals surface area (Å²) in [7, 11) is 6.98. The van der Waals surface area contributed by atoms with Crippen LogP contribution < -0.4 is 18.9 Å². The van der Waals surface area contributed by atoms with Crippen LogP contribution in [-0.2, 0) is 25.7 Å². The molecule has 1 aliphatic rings. The summed E-state index contributed by atoms with van der Waals surface area (Å²) in [5.74, 6) is 3.44. The highest BCUT2D eigenvalue weighted by atomic mass is 16.5. The molecule has 0 radical (unpaired) electrons. The van der Waals surface area contributed by atoms with Gasteiger partial charge in [0.1, 0.15) is 23.0 Å². The molecule has 368 valence electrons. The summed E-state index contributed by atoms with van der Waals surface area (Å²) in [6.07, 6.45) is 3.24. The second kappa shape index (κ2) is 19.9. The average molecular weight is 953 g/mol. The molecule has 0 aliphatic heterocycles. The third kappa shape index (κ3) is 8.47. The number of hydrogen-bond donors (Lipinski definition) is 0. The summed E-state index contributed by atoms with van der Waals surface area (Å²) in [6.45, 7) is 28.5. The Morgan fingerprint density at radius 2 is 0.347 bits per heavy atom. The normalized spacial score (nSPS) is 12.2. The van der Waals surface area contributed by atoms with E-state index in [9.17, 15) is 0 Å². The molecule has 0 N–H and O–H groups in total. The first-order chi connectivity index (χ1) is 34.5. The van der Waals surface area contributed by atoms with Gasteiger partial charge in [-0.3, -0.25) is 0 Å². The lowest BCUT2D eigenvalue weighted by atomic mass is 9.74. The lowest BCUT2D eigenvalue weighted by Crippen LogP contribution is -2.15. The monoisotopic (exact) mass is 953 g/mol. The minimum atomic E-state index is 0.810. The number of hydrogen-bond acceptors (Lipinski definition) is 4. The first kappa shape index (κ1) is 49.9. The molecule has 0 unspecified atom stereocenters. The Kier molecular flexibility index (Phi) is 13.8. The summed E-state index contributed by atoms with van der Waals surface area (Å²) in [6, 6.07) is 34.8. The highest BCUT2D eigenvalue weighted by molar-refractivity contribution is 5.82. The van der Waals surface area contributed by atoms with Gasteiger partial charge in [-0.2, -0.15) is 0 Å². The van der Waals surface area contributed by atoms with Crippen LogP contribution in [-0.4, -0.2) is 28.4 Å². The van der Waals surface area contributed by atoms with E-state index in [1.807, 2.05) is 0 Å². The lowest BCUT2D eigenvalue weighted by Gasteiger charge is -2.30. The van der Waals surface area contributed by atoms with E-state index in [4.69, 9.17) is 18.9 Å². The van der Waals surface area contributed by atoms with Gasteiger partial charge in [-0.25, -0.2) is 0 Å². The fourth-order valence-electron chi connectivity index (χ4n) is 12.9. The molecular weight excluding hydrogens is 881 g/mol. The maximum Gasteiger partial charge on any atom is 0.118 e. The smallest absolute Gasteiger partial charge is 0.118 e. The zero-order valence-corrected chi connectivity index (χ0v) is 45.7. The third-order valence-corrected chi connectivity index (χ3v) is 17.2. The molecule has 8 aromatic rings. The molecule has 0 heterocycles. The van der Waals surface area contributed by atoms with Crippen molar-refractivity contribution in [3.63, 3.8) is 0 Å². The van der Waals surface area contributed by atoms with Crippen LogP contribution in [0, 0.1) is 83.1 Å². The Morgan fingerprint density at radius 1 is 0.208 bits per heavy atom. The predicted octanol–water partition coefficient (Wildman–Crippen LogP) is 16.8. The fourth-order valence-corrected chi connectivity index (χ4v) is 12.9. The van der Waals surface area contributed by atoms with Gasteiger partial charge in [-0.05, 0) is 313 Å². The minimum absolute atomic E-state index is 0.810. The van der Waals surface area contributed by atoms with Crippen molar-refractivity contribution in [2.24, 2.45) is 0 Å². The highest BCUT2D eigenvalue weighted by Gasteiger charge is 2.29. The van der Waals surface area contributed by atoms with Crippen LogP contribution in [0.4, 0.5) is 0 Å². The maximum absolute atomic E-state index is 5.70. The van der Waals surface area contributed by atoms with E-state index in [0.29, 0.717) is 0 Å². The molecule has 0 amide bonds. The molecule has 4 nitrogen and oxygen atoms in total. The molecular formula is C68H72O4. The van der Waals surface area contributed by atoms with Gasteiger partial charge in [-0.1, -0.05) is 48.5 Å². The quantitative estimate of drug-likeness (QED) is 0.152. The molecule has 0 saturated carbocycles. The zero-order valence-electron chi connectivity index (χ0n) is 45.7. The van der Waals surface area contributed by atoms with Crippen molar-refractivity contribution in [3.8, 4) is 67.5 Å². The van der Waals surface area contributed by atoms with Gasteiger partial charge in [0.05, 0.1) is 28.4 Å². The molecule has 0 saturated heterocycles. The van der Waals surface area contributed by atoms with Gasteiger partial charge in [0, 0.05) is 0 Å². The van der Waals surface area contributed by atoms with E-state index in [0.717, 1.165) is 48.7 Å². The number of methoxy groups -OCH3 is 4. The number of benzene rings is 8. The van der Waals surface area contributed by atoms with Crippen LogP contribution in [0.5, 0.6) is 23.0 Å². The lowest BCUT2D eigenvalue weighted by molar-refractivity contribution is 0.415. The SMILES string of the molecule is COc1ccc(-c2c(C)c3c(C)c(c2C)Cc2c(C)c(c(C)c(-c4ccc(OC)cc4)c2C)Cc2c(C)c(c(C)c(-c4ccc(OC)cc4)c2C)Cc2c(C)c(c(C)c(-c4ccc(OC)cc4)c2C)C3)cc1. The fraction of sp³-hybridized carbons (Fsp3) is 0.294. The summed E-state index contributed by atoms with van der Waals surface area (Å²) < 4.78 is 22.8. The Balaban J connectivity index is 1.43. The Labute approximate surface area is 430 Å². The van der Waals surface area contributed by atoms with Crippen LogP contribution in [0.15, 0.2) is 97.1 Å².